The fourth-order valence-electron chi connectivity index (χ4n) is 1.77. The average molecular weight is 185 g/mol. The predicted octanol–water partition coefficient (Wildman–Crippen LogP) is 0.0504. The van der Waals surface area contributed by atoms with Gasteiger partial charge in [0.05, 0.1) is 0 Å². The van der Waals surface area contributed by atoms with Crippen molar-refractivity contribution in [3.8, 4) is 0 Å². The van der Waals surface area contributed by atoms with Gasteiger partial charge in [0.2, 0.25) is 5.91 Å². The highest BCUT2D eigenvalue weighted by molar-refractivity contribution is 5.75. The number of carbonyl (C=O) groups is 1. The Morgan fingerprint density at radius 2 is 2.38 bits per heavy atom. The molecule has 1 saturated heterocycles. The van der Waals surface area contributed by atoms with Crippen molar-refractivity contribution in [2.45, 2.75) is 19.3 Å². The minimum Gasteiger partial charge on any atom is -0.306 e. The Morgan fingerprint density at radius 1 is 1.69 bits per heavy atom. The van der Waals surface area contributed by atoms with Gasteiger partial charge in [0.15, 0.2) is 0 Å². The van der Waals surface area contributed by atoms with Crippen molar-refractivity contribution in [1.82, 2.24) is 9.91 Å². The maximum atomic E-state index is 11.2. The molecule has 0 aliphatic carbocycles. The summed E-state index contributed by atoms with van der Waals surface area (Å²) in [6.45, 7) is 2.29. The smallest absolute Gasteiger partial charge is 0.236 e. The molecule has 4 nitrogen and oxygen atoms in total. The summed E-state index contributed by atoms with van der Waals surface area (Å²) in [4.78, 5) is 13.5. The van der Waals surface area contributed by atoms with E-state index in [1.54, 1.807) is 7.05 Å². The molecule has 0 aromatic heterocycles. The lowest BCUT2D eigenvalue weighted by molar-refractivity contribution is -0.130. The number of hydrogen-bond acceptors (Lipinski definition) is 3. The van der Waals surface area contributed by atoms with E-state index in [9.17, 15) is 4.79 Å². The molecule has 0 aromatic carbocycles. The molecule has 1 atom stereocenters. The van der Waals surface area contributed by atoms with Crippen LogP contribution in [0.4, 0.5) is 0 Å². The van der Waals surface area contributed by atoms with Crippen molar-refractivity contribution in [3.05, 3.63) is 0 Å². The minimum atomic E-state index is 0.0366. The van der Waals surface area contributed by atoms with Crippen LogP contribution in [0.2, 0.25) is 0 Å². The van der Waals surface area contributed by atoms with Gasteiger partial charge in [-0.15, -0.1) is 0 Å². The van der Waals surface area contributed by atoms with Gasteiger partial charge >= 0.3 is 0 Å². The van der Waals surface area contributed by atoms with Gasteiger partial charge in [-0.05, 0) is 32.4 Å². The topological polar surface area (TPSA) is 49.6 Å². The van der Waals surface area contributed by atoms with E-state index < -0.39 is 0 Å². The molecule has 1 aliphatic heterocycles. The number of nitrogens with zero attached hydrogens (tertiary/aromatic N) is 2. The lowest BCUT2D eigenvalue weighted by Gasteiger charge is -2.12. The fourth-order valence-corrected chi connectivity index (χ4v) is 1.77. The summed E-state index contributed by atoms with van der Waals surface area (Å²) in [5, 5.41) is 1.18. The fraction of sp³-hybridized carbons (Fsp3) is 0.889. The predicted molar refractivity (Wildman–Crippen MR) is 51.8 cm³/mol. The van der Waals surface area contributed by atoms with Crippen LogP contribution in [0.25, 0.3) is 0 Å². The second-order valence-electron chi connectivity index (χ2n) is 3.96. The molecule has 0 spiro atoms. The summed E-state index contributed by atoms with van der Waals surface area (Å²) in [7, 11) is 3.72. The second kappa shape index (κ2) is 4.58. The van der Waals surface area contributed by atoms with Crippen molar-refractivity contribution in [2.24, 2.45) is 11.8 Å². The van der Waals surface area contributed by atoms with E-state index in [1.807, 2.05) is 0 Å². The number of carbonyl (C=O) groups excluding carboxylic acids is 1. The molecular formula is C9H19N3O. The van der Waals surface area contributed by atoms with E-state index in [4.69, 9.17) is 5.84 Å². The number of amides is 1. The van der Waals surface area contributed by atoms with E-state index in [0.717, 1.165) is 19.5 Å². The molecule has 0 radical (unpaired) electrons. The maximum absolute atomic E-state index is 11.2. The summed E-state index contributed by atoms with van der Waals surface area (Å²) in [6.07, 6.45) is 2.79. The summed E-state index contributed by atoms with van der Waals surface area (Å²) in [6, 6.07) is 0. The van der Waals surface area contributed by atoms with Crippen molar-refractivity contribution >= 4 is 5.91 Å². The van der Waals surface area contributed by atoms with Crippen molar-refractivity contribution in [2.75, 3.05) is 27.2 Å². The Bertz CT molecular complexity index is 182. The van der Waals surface area contributed by atoms with Crippen LogP contribution in [0, 0.1) is 5.92 Å². The van der Waals surface area contributed by atoms with Gasteiger partial charge in [-0.25, -0.2) is 5.84 Å². The number of rotatable bonds is 3. The molecule has 0 aromatic rings. The second-order valence-corrected chi connectivity index (χ2v) is 3.96. The van der Waals surface area contributed by atoms with E-state index in [0.29, 0.717) is 12.3 Å². The lowest BCUT2D eigenvalue weighted by Crippen LogP contribution is -2.33. The number of likely N-dealkylation sites (tertiary alicyclic amines) is 1. The highest BCUT2D eigenvalue weighted by Gasteiger charge is 2.20. The molecule has 1 aliphatic rings. The molecule has 1 unspecified atom stereocenters. The Kier molecular flexibility index (Phi) is 3.69. The lowest BCUT2D eigenvalue weighted by atomic mass is 10.0. The highest BCUT2D eigenvalue weighted by Crippen LogP contribution is 2.19. The van der Waals surface area contributed by atoms with Crippen molar-refractivity contribution in [1.29, 1.82) is 0 Å². The molecule has 1 amide bonds. The average Bonchev–Trinajstić information content (AvgIpc) is 2.47. The molecule has 76 valence electrons. The number of hydrazine groups is 1. The van der Waals surface area contributed by atoms with Crippen LogP contribution in [-0.2, 0) is 4.79 Å². The van der Waals surface area contributed by atoms with Gasteiger partial charge in [-0.2, -0.15) is 0 Å². The first-order valence-corrected chi connectivity index (χ1v) is 4.79. The van der Waals surface area contributed by atoms with Gasteiger partial charge in [0, 0.05) is 20.0 Å². The molecule has 1 rings (SSSR count). The molecular weight excluding hydrogens is 166 g/mol. The molecule has 4 heteroatoms. The molecule has 1 heterocycles. The van der Waals surface area contributed by atoms with Crippen molar-refractivity contribution in [3.63, 3.8) is 0 Å². The number of hydrogen-bond donors (Lipinski definition) is 1. The summed E-state index contributed by atoms with van der Waals surface area (Å²) in [5.74, 6) is 6.05. The zero-order valence-electron chi connectivity index (χ0n) is 8.49. The largest absolute Gasteiger partial charge is 0.306 e. The SMILES string of the molecule is CN1CCC(CCC(=O)N(C)N)C1. The Morgan fingerprint density at radius 3 is 2.85 bits per heavy atom. The number of nitrogens with two attached hydrogens (primary N) is 1. The summed E-state index contributed by atoms with van der Waals surface area (Å²) in [5.41, 5.74) is 0. The molecule has 2 N–H and O–H groups in total. The van der Waals surface area contributed by atoms with E-state index in [-0.39, 0.29) is 5.91 Å². The third kappa shape index (κ3) is 3.32. The van der Waals surface area contributed by atoms with E-state index >= 15 is 0 Å². The van der Waals surface area contributed by atoms with E-state index in [2.05, 4.69) is 11.9 Å². The molecule has 1 fully saturated rings. The quantitative estimate of drug-likeness (QED) is 0.384. The van der Waals surface area contributed by atoms with Gasteiger partial charge in [-0.3, -0.25) is 9.80 Å². The van der Waals surface area contributed by atoms with Gasteiger partial charge < -0.3 is 4.90 Å². The van der Waals surface area contributed by atoms with Crippen LogP contribution < -0.4 is 5.84 Å². The Balaban J connectivity index is 2.16. The van der Waals surface area contributed by atoms with E-state index in [1.165, 1.54) is 11.4 Å². The minimum absolute atomic E-state index is 0.0366. The molecule has 0 bridgehead atoms. The van der Waals surface area contributed by atoms with Crippen LogP contribution >= 0.6 is 0 Å². The third-order valence-electron chi connectivity index (χ3n) is 2.65. The standard InChI is InChI=1S/C9H19N3O/c1-11-6-5-8(7-11)3-4-9(13)12(2)10/h8H,3-7,10H2,1-2H3. The highest BCUT2D eigenvalue weighted by atomic mass is 16.2. The first-order valence-electron chi connectivity index (χ1n) is 4.79. The maximum Gasteiger partial charge on any atom is 0.236 e. The van der Waals surface area contributed by atoms with Gasteiger partial charge in [-0.1, -0.05) is 0 Å². The summed E-state index contributed by atoms with van der Waals surface area (Å²) >= 11 is 0. The van der Waals surface area contributed by atoms with Crippen LogP contribution in [0.3, 0.4) is 0 Å². The third-order valence-corrected chi connectivity index (χ3v) is 2.65. The molecule has 13 heavy (non-hydrogen) atoms. The van der Waals surface area contributed by atoms with Crippen LogP contribution in [0.15, 0.2) is 0 Å². The van der Waals surface area contributed by atoms with Gasteiger partial charge in [0.25, 0.3) is 0 Å². The zero-order chi connectivity index (χ0) is 9.84. The van der Waals surface area contributed by atoms with Crippen LogP contribution in [-0.4, -0.2) is 43.0 Å². The first kappa shape index (κ1) is 10.5. The van der Waals surface area contributed by atoms with Crippen LogP contribution in [0.1, 0.15) is 19.3 Å². The Hall–Kier alpha value is -0.610. The first-order chi connectivity index (χ1) is 6.09. The monoisotopic (exact) mass is 185 g/mol. The van der Waals surface area contributed by atoms with Crippen molar-refractivity contribution < 1.29 is 4.79 Å². The zero-order valence-corrected chi connectivity index (χ0v) is 8.49. The summed E-state index contributed by atoms with van der Waals surface area (Å²) < 4.78 is 0. The Labute approximate surface area is 79.6 Å². The van der Waals surface area contributed by atoms with Gasteiger partial charge in [0.1, 0.15) is 0 Å². The van der Waals surface area contributed by atoms with Crippen LogP contribution in [0.5, 0.6) is 0 Å². The molecule has 0 saturated carbocycles. The normalized spacial score (nSPS) is 23.5.